The van der Waals surface area contributed by atoms with Crippen LogP contribution in [-0.2, 0) is 11.8 Å². The van der Waals surface area contributed by atoms with Crippen LogP contribution in [0.25, 0.3) is 11.0 Å². The molecule has 0 aromatic carbocycles. The van der Waals surface area contributed by atoms with E-state index in [1.807, 2.05) is 20.8 Å². The lowest BCUT2D eigenvalue weighted by Gasteiger charge is -2.17. The number of nitrogens with zero attached hydrogens (tertiary/aromatic N) is 4. The van der Waals surface area contributed by atoms with Crippen molar-refractivity contribution in [2.45, 2.75) is 20.8 Å². The number of carboxylic acids is 1. The standard InChI is InChI=1S/C16H20N4O3/c1-8-6-20(7-12(8)16(22)23)15(21)11-5-9(2)17-14-13(11)10(3)18-19(14)4/h5,8,12H,6-7H2,1-4H3,(H,22,23)/t8-,12-/m1/s1. The van der Waals surface area contributed by atoms with Gasteiger partial charge in [-0.05, 0) is 25.8 Å². The summed E-state index contributed by atoms with van der Waals surface area (Å²) in [7, 11) is 1.80. The largest absolute Gasteiger partial charge is 0.481 e. The molecule has 7 heteroatoms. The third-order valence-electron chi connectivity index (χ3n) is 4.54. The Morgan fingerprint density at radius 2 is 2.00 bits per heavy atom. The van der Waals surface area contributed by atoms with E-state index < -0.39 is 11.9 Å². The minimum Gasteiger partial charge on any atom is -0.481 e. The van der Waals surface area contributed by atoms with Crippen LogP contribution in [0.3, 0.4) is 0 Å². The molecule has 2 aromatic rings. The third-order valence-corrected chi connectivity index (χ3v) is 4.54. The quantitative estimate of drug-likeness (QED) is 0.904. The molecule has 0 radical (unpaired) electrons. The number of hydrogen-bond acceptors (Lipinski definition) is 4. The van der Waals surface area contributed by atoms with Crippen molar-refractivity contribution in [3.8, 4) is 0 Å². The summed E-state index contributed by atoms with van der Waals surface area (Å²) in [4.78, 5) is 30.3. The number of fused-ring (bicyclic) bond motifs is 1. The van der Waals surface area contributed by atoms with E-state index in [1.165, 1.54) is 0 Å². The van der Waals surface area contributed by atoms with Gasteiger partial charge in [0, 0.05) is 25.8 Å². The fourth-order valence-electron chi connectivity index (χ4n) is 3.36. The zero-order valence-corrected chi connectivity index (χ0v) is 13.7. The van der Waals surface area contributed by atoms with E-state index in [-0.39, 0.29) is 18.4 Å². The Labute approximate surface area is 133 Å². The summed E-state index contributed by atoms with van der Waals surface area (Å²) < 4.78 is 1.67. The van der Waals surface area contributed by atoms with Gasteiger partial charge in [-0.15, -0.1) is 0 Å². The molecule has 7 nitrogen and oxygen atoms in total. The maximum atomic E-state index is 13.0. The molecule has 0 saturated carbocycles. The highest BCUT2D eigenvalue weighted by molar-refractivity contribution is 6.06. The zero-order valence-electron chi connectivity index (χ0n) is 13.7. The van der Waals surface area contributed by atoms with E-state index in [4.69, 9.17) is 0 Å². The molecule has 1 amide bonds. The Bertz CT molecular complexity index is 811. The molecule has 1 saturated heterocycles. The molecule has 0 spiro atoms. The highest BCUT2D eigenvalue weighted by atomic mass is 16.4. The van der Waals surface area contributed by atoms with Crippen LogP contribution in [0.4, 0.5) is 0 Å². The monoisotopic (exact) mass is 316 g/mol. The molecule has 122 valence electrons. The first-order valence-electron chi connectivity index (χ1n) is 7.62. The van der Waals surface area contributed by atoms with Crippen molar-refractivity contribution in [2.24, 2.45) is 18.9 Å². The molecule has 1 N–H and O–H groups in total. The first kappa shape index (κ1) is 15.5. The summed E-state index contributed by atoms with van der Waals surface area (Å²) in [6.45, 7) is 6.26. The van der Waals surface area contributed by atoms with E-state index in [0.717, 1.165) is 16.8 Å². The second-order valence-corrected chi connectivity index (χ2v) is 6.35. The molecule has 1 aliphatic heterocycles. The van der Waals surface area contributed by atoms with Gasteiger partial charge in [0.1, 0.15) is 0 Å². The van der Waals surface area contributed by atoms with Crippen LogP contribution in [0, 0.1) is 25.7 Å². The second-order valence-electron chi connectivity index (χ2n) is 6.35. The van der Waals surface area contributed by atoms with Gasteiger partial charge in [0.15, 0.2) is 5.65 Å². The van der Waals surface area contributed by atoms with Crippen LogP contribution in [-0.4, -0.2) is 49.7 Å². The lowest BCUT2D eigenvalue weighted by Crippen LogP contribution is -2.30. The van der Waals surface area contributed by atoms with Crippen molar-refractivity contribution >= 4 is 22.9 Å². The highest BCUT2D eigenvalue weighted by Gasteiger charge is 2.37. The molecule has 3 rings (SSSR count). The predicted octanol–water partition coefficient (Wildman–Crippen LogP) is 1.38. The topological polar surface area (TPSA) is 88.3 Å². The number of hydrogen-bond donors (Lipinski definition) is 1. The summed E-state index contributed by atoms with van der Waals surface area (Å²) in [5.74, 6) is -1.55. The maximum absolute atomic E-state index is 13.0. The van der Waals surface area contributed by atoms with Gasteiger partial charge < -0.3 is 10.0 Å². The minimum absolute atomic E-state index is 0.0510. The van der Waals surface area contributed by atoms with Crippen molar-refractivity contribution in [3.05, 3.63) is 23.0 Å². The van der Waals surface area contributed by atoms with Crippen molar-refractivity contribution in [1.82, 2.24) is 19.7 Å². The molecule has 0 bridgehead atoms. The molecule has 2 aromatic heterocycles. The van der Waals surface area contributed by atoms with Crippen LogP contribution < -0.4 is 0 Å². The fourth-order valence-corrected chi connectivity index (χ4v) is 3.36. The lowest BCUT2D eigenvalue weighted by atomic mass is 9.99. The Morgan fingerprint density at radius 1 is 1.30 bits per heavy atom. The van der Waals surface area contributed by atoms with Crippen LogP contribution in [0.15, 0.2) is 6.07 Å². The molecule has 1 fully saturated rings. The first-order chi connectivity index (χ1) is 10.8. The third kappa shape index (κ3) is 2.46. The SMILES string of the molecule is Cc1cc(C(=O)N2C[C@@H](C)[C@H](C(=O)O)C2)c2c(C)nn(C)c2n1. The van der Waals surface area contributed by atoms with E-state index in [2.05, 4.69) is 10.1 Å². The van der Waals surface area contributed by atoms with E-state index in [0.29, 0.717) is 17.8 Å². The zero-order chi connectivity index (χ0) is 16.9. The molecular formula is C16H20N4O3. The molecule has 0 aliphatic carbocycles. The number of aromatic nitrogens is 3. The summed E-state index contributed by atoms with van der Waals surface area (Å²) >= 11 is 0. The van der Waals surface area contributed by atoms with Crippen LogP contribution in [0.2, 0.25) is 0 Å². The summed E-state index contributed by atoms with van der Waals surface area (Å²) in [5.41, 5.74) is 2.72. The van der Waals surface area contributed by atoms with Gasteiger partial charge in [0.05, 0.1) is 22.6 Å². The Morgan fingerprint density at radius 3 is 2.61 bits per heavy atom. The van der Waals surface area contributed by atoms with Gasteiger partial charge in [0.2, 0.25) is 0 Å². The number of carbonyl (C=O) groups is 2. The number of aryl methyl sites for hydroxylation is 3. The summed E-state index contributed by atoms with van der Waals surface area (Å²) in [5, 5.41) is 14.3. The average molecular weight is 316 g/mol. The van der Waals surface area contributed by atoms with Gasteiger partial charge in [-0.25, -0.2) is 4.98 Å². The summed E-state index contributed by atoms with van der Waals surface area (Å²) in [6.07, 6.45) is 0. The fraction of sp³-hybridized carbons (Fsp3) is 0.500. The Balaban J connectivity index is 2.04. The van der Waals surface area contributed by atoms with Crippen LogP contribution in [0.1, 0.15) is 28.7 Å². The molecular weight excluding hydrogens is 296 g/mol. The van der Waals surface area contributed by atoms with Crippen molar-refractivity contribution in [3.63, 3.8) is 0 Å². The highest BCUT2D eigenvalue weighted by Crippen LogP contribution is 2.28. The molecule has 0 unspecified atom stereocenters. The van der Waals surface area contributed by atoms with Gasteiger partial charge in [0.25, 0.3) is 5.91 Å². The Hall–Kier alpha value is -2.44. The molecule has 2 atom stereocenters. The average Bonchev–Trinajstić information content (AvgIpc) is 2.99. The minimum atomic E-state index is -0.846. The first-order valence-corrected chi connectivity index (χ1v) is 7.62. The van der Waals surface area contributed by atoms with Crippen LogP contribution >= 0.6 is 0 Å². The number of aliphatic carboxylic acids is 1. The number of carboxylic acid groups (broad SMARTS) is 1. The van der Waals surface area contributed by atoms with E-state index >= 15 is 0 Å². The van der Waals surface area contributed by atoms with Gasteiger partial charge >= 0.3 is 5.97 Å². The van der Waals surface area contributed by atoms with Crippen molar-refractivity contribution in [1.29, 1.82) is 0 Å². The van der Waals surface area contributed by atoms with Gasteiger partial charge in [-0.3, -0.25) is 14.3 Å². The lowest BCUT2D eigenvalue weighted by molar-refractivity contribution is -0.142. The Kier molecular flexibility index (Phi) is 3.58. The number of pyridine rings is 1. The molecule has 23 heavy (non-hydrogen) atoms. The molecule has 1 aliphatic rings. The van der Waals surface area contributed by atoms with E-state index in [9.17, 15) is 14.7 Å². The van der Waals surface area contributed by atoms with Gasteiger partial charge in [-0.1, -0.05) is 6.92 Å². The maximum Gasteiger partial charge on any atom is 0.308 e. The predicted molar refractivity (Wildman–Crippen MR) is 84.2 cm³/mol. The second kappa shape index (κ2) is 5.33. The number of carbonyl (C=O) groups excluding carboxylic acids is 1. The number of likely N-dealkylation sites (tertiary alicyclic amines) is 1. The summed E-state index contributed by atoms with van der Waals surface area (Å²) in [6, 6.07) is 1.76. The molecule has 3 heterocycles. The van der Waals surface area contributed by atoms with Gasteiger partial charge in [-0.2, -0.15) is 5.10 Å². The van der Waals surface area contributed by atoms with E-state index in [1.54, 1.807) is 22.7 Å². The van der Waals surface area contributed by atoms with Crippen molar-refractivity contribution in [2.75, 3.05) is 13.1 Å². The smallest absolute Gasteiger partial charge is 0.308 e. The number of rotatable bonds is 2. The van der Waals surface area contributed by atoms with Crippen LogP contribution in [0.5, 0.6) is 0 Å². The van der Waals surface area contributed by atoms with Crippen molar-refractivity contribution < 1.29 is 14.7 Å². The number of amides is 1. The normalized spacial score (nSPS) is 21.1.